The summed E-state index contributed by atoms with van der Waals surface area (Å²) in [6, 6.07) is 0. The van der Waals surface area contributed by atoms with Gasteiger partial charge >= 0.3 is 5.97 Å². The van der Waals surface area contributed by atoms with E-state index in [4.69, 9.17) is 0 Å². The summed E-state index contributed by atoms with van der Waals surface area (Å²) in [5, 5.41) is 2.68. The van der Waals surface area contributed by atoms with Crippen LogP contribution in [0.15, 0.2) is 12.4 Å². The monoisotopic (exact) mass is 278 g/mol. The maximum absolute atomic E-state index is 11.7. The number of piperidine rings is 1. The van der Waals surface area contributed by atoms with Crippen LogP contribution in [0.3, 0.4) is 0 Å². The number of ether oxygens (including phenoxy) is 1. The van der Waals surface area contributed by atoms with E-state index in [1.54, 1.807) is 13.2 Å². The molecule has 1 unspecified atom stereocenters. The highest BCUT2D eigenvalue weighted by atomic mass is 16.5. The van der Waals surface area contributed by atoms with E-state index in [0.29, 0.717) is 12.4 Å². The minimum atomic E-state index is -0.508. The van der Waals surface area contributed by atoms with Gasteiger partial charge in [-0.2, -0.15) is 0 Å². The lowest BCUT2D eigenvalue weighted by molar-refractivity contribution is -0.124. The molecule has 1 atom stereocenters. The van der Waals surface area contributed by atoms with E-state index in [0.717, 1.165) is 19.4 Å². The van der Waals surface area contributed by atoms with Crippen LogP contribution >= 0.6 is 0 Å². The second-order valence-electron chi connectivity index (χ2n) is 4.65. The Bertz CT molecular complexity index is 489. The lowest BCUT2D eigenvalue weighted by Gasteiger charge is -2.32. The number of nitrogens with one attached hydrogen (secondary N) is 1. The zero-order valence-corrected chi connectivity index (χ0v) is 11.6. The van der Waals surface area contributed by atoms with Crippen LogP contribution in [0.1, 0.15) is 23.3 Å². The van der Waals surface area contributed by atoms with Gasteiger partial charge in [0.1, 0.15) is 5.82 Å². The molecule has 1 N–H and O–H groups in total. The van der Waals surface area contributed by atoms with Crippen LogP contribution in [0.2, 0.25) is 0 Å². The Balaban J connectivity index is 2.07. The minimum absolute atomic E-state index is 0.0316. The fourth-order valence-electron chi connectivity index (χ4n) is 2.30. The molecule has 108 valence electrons. The minimum Gasteiger partial charge on any atom is -0.464 e. The molecule has 7 heteroatoms. The predicted molar refractivity (Wildman–Crippen MR) is 72.4 cm³/mol. The van der Waals surface area contributed by atoms with Crippen molar-refractivity contribution in [2.24, 2.45) is 5.92 Å². The maximum Gasteiger partial charge on any atom is 0.358 e. The first-order chi connectivity index (χ1) is 9.65. The fourth-order valence-corrected chi connectivity index (χ4v) is 2.30. The third kappa shape index (κ3) is 3.04. The molecule has 1 aliphatic heterocycles. The Kier molecular flexibility index (Phi) is 4.49. The fraction of sp³-hybridized carbons (Fsp3) is 0.538. The van der Waals surface area contributed by atoms with Gasteiger partial charge in [0.25, 0.3) is 0 Å². The molecule has 0 radical (unpaired) electrons. The second-order valence-corrected chi connectivity index (χ2v) is 4.65. The van der Waals surface area contributed by atoms with Crippen molar-refractivity contribution in [3.05, 3.63) is 18.1 Å². The molecular weight excluding hydrogens is 260 g/mol. The third-order valence-corrected chi connectivity index (χ3v) is 3.40. The molecule has 0 aromatic carbocycles. The number of nitrogens with zero attached hydrogens (tertiary/aromatic N) is 3. The first kappa shape index (κ1) is 14.2. The summed E-state index contributed by atoms with van der Waals surface area (Å²) in [7, 11) is 2.95. The van der Waals surface area contributed by atoms with Crippen molar-refractivity contribution in [1.29, 1.82) is 0 Å². The molecular formula is C13H18N4O3. The van der Waals surface area contributed by atoms with Crippen molar-refractivity contribution >= 4 is 17.7 Å². The summed E-state index contributed by atoms with van der Waals surface area (Å²) in [5.74, 6) is 0.182. The Hall–Kier alpha value is -2.18. The number of carbonyl (C=O) groups is 2. The molecule has 0 bridgehead atoms. The summed E-state index contributed by atoms with van der Waals surface area (Å²) in [4.78, 5) is 33.2. The molecule has 1 aliphatic rings. The molecule has 1 amide bonds. The topological polar surface area (TPSA) is 84.4 Å². The molecule has 20 heavy (non-hydrogen) atoms. The molecule has 1 saturated heterocycles. The highest BCUT2D eigenvalue weighted by molar-refractivity contribution is 5.86. The van der Waals surface area contributed by atoms with Gasteiger partial charge < -0.3 is 15.0 Å². The number of methoxy groups -OCH3 is 1. The highest BCUT2D eigenvalue weighted by Crippen LogP contribution is 2.21. The van der Waals surface area contributed by atoms with Crippen molar-refractivity contribution in [2.75, 3.05) is 32.1 Å². The quantitative estimate of drug-likeness (QED) is 0.797. The van der Waals surface area contributed by atoms with Gasteiger partial charge in [0, 0.05) is 20.1 Å². The number of hydrogen-bond acceptors (Lipinski definition) is 6. The van der Waals surface area contributed by atoms with Crippen LogP contribution in [-0.4, -0.2) is 49.1 Å². The SMILES string of the molecule is CNC(=O)C1CCCN(c2cnc(C(=O)OC)cn2)C1. The lowest BCUT2D eigenvalue weighted by atomic mass is 9.97. The zero-order chi connectivity index (χ0) is 14.5. The van der Waals surface area contributed by atoms with Gasteiger partial charge in [-0.05, 0) is 12.8 Å². The zero-order valence-electron chi connectivity index (χ0n) is 11.6. The van der Waals surface area contributed by atoms with Crippen LogP contribution in [0.5, 0.6) is 0 Å². The van der Waals surface area contributed by atoms with E-state index in [1.807, 2.05) is 4.90 Å². The van der Waals surface area contributed by atoms with E-state index in [1.165, 1.54) is 13.3 Å². The van der Waals surface area contributed by atoms with Crippen LogP contribution in [0.25, 0.3) is 0 Å². The number of carbonyl (C=O) groups excluding carboxylic acids is 2. The largest absolute Gasteiger partial charge is 0.464 e. The van der Waals surface area contributed by atoms with Gasteiger partial charge in [0.2, 0.25) is 5.91 Å². The highest BCUT2D eigenvalue weighted by Gasteiger charge is 2.26. The molecule has 2 rings (SSSR count). The summed E-state index contributed by atoms with van der Waals surface area (Å²) in [6.07, 6.45) is 4.74. The van der Waals surface area contributed by atoms with E-state index in [-0.39, 0.29) is 17.5 Å². The van der Waals surface area contributed by atoms with Gasteiger partial charge in [0.05, 0.1) is 25.4 Å². The van der Waals surface area contributed by atoms with Gasteiger partial charge in [0.15, 0.2) is 5.69 Å². The van der Waals surface area contributed by atoms with E-state index in [9.17, 15) is 9.59 Å². The Morgan fingerprint density at radius 3 is 2.80 bits per heavy atom. The molecule has 1 aromatic heterocycles. The second kappa shape index (κ2) is 6.31. The molecule has 1 fully saturated rings. The molecule has 1 aromatic rings. The Morgan fingerprint density at radius 1 is 1.40 bits per heavy atom. The average molecular weight is 278 g/mol. The van der Waals surface area contributed by atoms with E-state index in [2.05, 4.69) is 20.0 Å². The van der Waals surface area contributed by atoms with E-state index >= 15 is 0 Å². The van der Waals surface area contributed by atoms with Crippen molar-refractivity contribution in [3.8, 4) is 0 Å². The standard InChI is InChI=1S/C13H18N4O3/c1-14-12(18)9-4-3-5-17(8-9)11-7-15-10(6-16-11)13(19)20-2/h6-7,9H,3-5,8H2,1-2H3,(H,14,18). The lowest BCUT2D eigenvalue weighted by Crippen LogP contribution is -2.42. The summed E-state index contributed by atoms with van der Waals surface area (Å²) in [5.41, 5.74) is 0.177. The van der Waals surface area contributed by atoms with Gasteiger partial charge in [-0.15, -0.1) is 0 Å². The number of aromatic nitrogens is 2. The number of esters is 1. The van der Waals surface area contributed by atoms with Crippen LogP contribution in [0, 0.1) is 5.92 Å². The first-order valence-electron chi connectivity index (χ1n) is 6.52. The molecule has 0 aliphatic carbocycles. The Morgan fingerprint density at radius 2 is 2.20 bits per heavy atom. The summed E-state index contributed by atoms with van der Waals surface area (Å²) in [6.45, 7) is 1.45. The van der Waals surface area contributed by atoms with Gasteiger partial charge in [-0.1, -0.05) is 0 Å². The summed E-state index contributed by atoms with van der Waals surface area (Å²) < 4.78 is 4.58. The van der Waals surface area contributed by atoms with Crippen LogP contribution < -0.4 is 10.2 Å². The number of amides is 1. The third-order valence-electron chi connectivity index (χ3n) is 3.40. The maximum atomic E-state index is 11.7. The number of rotatable bonds is 3. The molecule has 2 heterocycles. The predicted octanol–water partition coefficient (Wildman–Crippen LogP) is 0.226. The van der Waals surface area contributed by atoms with Crippen LogP contribution in [-0.2, 0) is 9.53 Å². The van der Waals surface area contributed by atoms with E-state index < -0.39 is 5.97 Å². The molecule has 0 spiro atoms. The first-order valence-corrected chi connectivity index (χ1v) is 6.52. The summed E-state index contributed by atoms with van der Waals surface area (Å²) >= 11 is 0. The smallest absolute Gasteiger partial charge is 0.358 e. The number of anilines is 1. The van der Waals surface area contributed by atoms with Gasteiger partial charge in [-0.25, -0.2) is 14.8 Å². The van der Waals surface area contributed by atoms with Gasteiger partial charge in [-0.3, -0.25) is 4.79 Å². The van der Waals surface area contributed by atoms with Crippen molar-refractivity contribution in [1.82, 2.24) is 15.3 Å². The number of hydrogen-bond donors (Lipinski definition) is 1. The Labute approximate surface area is 117 Å². The van der Waals surface area contributed by atoms with Crippen molar-refractivity contribution in [2.45, 2.75) is 12.8 Å². The molecule has 7 nitrogen and oxygen atoms in total. The van der Waals surface area contributed by atoms with Crippen LogP contribution in [0.4, 0.5) is 5.82 Å². The normalized spacial score (nSPS) is 18.5. The van der Waals surface area contributed by atoms with Crippen molar-refractivity contribution < 1.29 is 14.3 Å². The van der Waals surface area contributed by atoms with Crippen molar-refractivity contribution in [3.63, 3.8) is 0 Å². The average Bonchev–Trinajstić information content (AvgIpc) is 2.53. The molecule has 0 saturated carbocycles.